The second-order valence-electron chi connectivity index (χ2n) is 10.3. The number of aromatic nitrogens is 2. The highest BCUT2D eigenvalue weighted by atomic mass is 19.4. The summed E-state index contributed by atoms with van der Waals surface area (Å²) >= 11 is 0. The number of rotatable bonds is 6. The average molecular weight is 522 g/mol. The molecule has 0 radical (unpaired) electrons. The maximum atomic E-state index is 14.9. The number of hydrogen-bond acceptors (Lipinski definition) is 6. The van der Waals surface area contributed by atoms with Crippen molar-refractivity contribution in [3.8, 4) is 5.75 Å². The Balaban J connectivity index is 1.44. The highest BCUT2D eigenvalue weighted by molar-refractivity contribution is 5.90. The fourth-order valence-corrected chi connectivity index (χ4v) is 5.23. The van der Waals surface area contributed by atoms with Gasteiger partial charge < -0.3 is 15.8 Å². The molecule has 0 bridgehead atoms. The zero-order valence-corrected chi connectivity index (χ0v) is 20.7. The first-order valence-electron chi connectivity index (χ1n) is 12.1. The molecule has 37 heavy (non-hydrogen) atoms. The molecule has 2 fully saturated rings. The lowest BCUT2D eigenvalue weighted by Crippen LogP contribution is -2.30. The SMILES string of the molecule is Cc1nc(N[C@H](C)c2cc(N)cc(C(F)(F)F)c2F)c2cc(OC[C@@H]3CC4(CC4)CN3C)c(F)cc2n1. The van der Waals surface area contributed by atoms with Gasteiger partial charge in [-0.05, 0) is 63.8 Å². The maximum absolute atomic E-state index is 14.9. The van der Waals surface area contributed by atoms with E-state index in [9.17, 15) is 22.0 Å². The Hall–Kier alpha value is -3.21. The number of benzene rings is 2. The lowest BCUT2D eigenvalue weighted by atomic mass is 10.0. The van der Waals surface area contributed by atoms with Gasteiger partial charge in [-0.15, -0.1) is 0 Å². The zero-order valence-electron chi connectivity index (χ0n) is 20.7. The first-order valence-corrected chi connectivity index (χ1v) is 12.1. The van der Waals surface area contributed by atoms with Crippen LogP contribution < -0.4 is 15.8 Å². The van der Waals surface area contributed by atoms with Crippen LogP contribution in [0.1, 0.15) is 49.2 Å². The summed E-state index contributed by atoms with van der Waals surface area (Å²) in [6.07, 6.45) is -1.47. The first kappa shape index (κ1) is 25.4. The smallest absolute Gasteiger partial charge is 0.419 e. The van der Waals surface area contributed by atoms with Crippen molar-refractivity contribution in [2.75, 3.05) is 31.2 Å². The van der Waals surface area contributed by atoms with Crippen LogP contribution in [0.2, 0.25) is 0 Å². The molecule has 0 amide bonds. The van der Waals surface area contributed by atoms with Crippen LogP contribution >= 0.6 is 0 Å². The molecule has 1 spiro atoms. The van der Waals surface area contributed by atoms with Gasteiger partial charge in [0.05, 0.1) is 17.1 Å². The topological polar surface area (TPSA) is 76.3 Å². The van der Waals surface area contributed by atoms with Gasteiger partial charge in [-0.2, -0.15) is 13.2 Å². The molecular formula is C26H28F5N5O. The summed E-state index contributed by atoms with van der Waals surface area (Å²) in [4.78, 5) is 10.9. The summed E-state index contributed by atoms with van der Waals surface area (Å²) in [7, 11) is 2.04. The number of aryl methyl sites for hydroxylation is 1. The molecule has 2 heterocycles. The fraction of sp³-hybridized carbons (Fsp3) is 0.462. The summed E-state index contributed by atoms with van der Waals surface area (Å²) in [5, 5.41) is 3.35. The van der Waals surface area contributed by atoms with E-state index in [0.717, 1.165) is 19.0 Å². The van der Waals surface area contributed by atoms with Crippen LogP contribution in [0.3, 0.4) is 0 Å². The van der Waals surface area contributed by atoms with Gasteiger partial charge in [-0.25, -0.2) is 18.7 Å². The van der Waals surface area contributed by atoms with E-state index >= 15 is 0 Å². The van der Waals surface area contributed by atoms with Gasteiger partial charge in [0.1, 0.15) is 24.1 Å². The number of ether oxygens (including phenoxy) is 1. The lowest BCUT2D eigenvalue weighted by Gasteiger charge is -2.21. The van der Waals surface area contributed by atoms with Crippen molar-refractivity contribution in [2.24, 2.45) is 5.41 Å². The van der Waals surface area contributed by atoms with Crippen molar-refractivity contribution in [1.29, 1.82) is 0 Å². The molecule has 2 atom stereocenters. The van der Waals surface area contributed by atoms with E-state index in [1.807, 2.05) is 7.05 Å². The van der Waals surface area contributed by atoms with Gasteiger partial charge in [-0.1, -0.05) is 0 Å². The Labute approximate surface area is 211 Å². The summed E-state index contributed by atoms with van der Waals surface area (Å²) in [6.45, 7) is 4.42. The predicted octanol–water partition coefficient (Wildman–Crippen LogP) is 5.85. The number of nitrogen functional groups attached to an aromatic ring is 1. The molecule has 2 aromatic carbocycles. The van der Waals surface area contributed by atoms with Crippen molar-refractivity contribution in [3.63, 3.8) is 0 Å². The van der Waals surface area contributed by atoms with Crippen molar-refractivity contribution >= 4 is 22.4 Å². The number of fused-ring (bicyclic) bond motifs is 1. The molecule has 198 valence electrons. The quantitative estimate of drug-likeness (QED) is 0.313. The molecule has 3 aromatic rings. The number of nitrogens with one attached hydrogen (secondary N) is 1. The van der Waals surface area contributed by atoms with E-state index in [2.05, 4.69) is 20.2 Å². The lowest BCUT2D eigenvalue weighted by molar-refractivity contribution is -0.140. The van der Waals surface area contributed by atoms with Crippen LogP contribution in [0.25, 0.3) is 10.9 Å². The highest BCUT2D eigenvalue weighted by Gasteiger charge is 2.50. The minimum Gasteiger partial charge on any atom is -0.489 e. The number of nitrogens with zero attached hydrogens (tertiary/aromatic N) is 3. The Morgan fingerprint density at radius 3 is 2.57 bits per heavy atom. The first-order chi connectivity index (χ1) is 17.3. The molecule has 3 N–H and O–H groups in total. The number of likely N-dealkylation sites (tertiary alicyclic amines) is 1. The minimum atomic E-state index is -4.90. The largest absolute Gasteiger partial charge is 0.489 e. The predicted molar refractivity (Wildman–Crippen MR) is 130 cm³/mol. The van der Waals surface area contributed by atoms with Crippen molar-refractivity contribution in [1.82, 2.24) is 14.9 Å². The van der Waals surface area contributed by atoms with Crippen molar-refractivity contribution in [2.45, 2.75) is 51.4 Å². The number of alkyl halides is 3. The van der Waals surface area contributed by atoms with E-state index in [1.165, 1.54) is 31.9 Å². The number of nitrogens with two attached hydrogens (primary N) is 1. The molecule has 1 saturated heterocycles. The Bertz CT molecular complexity index is 1360. The molecule has 1 saturated carbocycles. The molecular weight excluding hydrogens is 493 g/mol. The molecule has 1 aliphatic carbocycles. The number of hydrogen-bond donors (Lipinski definition) is 2. The van der Waals surface area contributed by atoms with Gasteiger partial charge in [0, 0.05) is 35.3 Å². The van der Waals surface area contributed by atoms with E-state index in [1.54, 1.807) is 6.92 Å². The van der Waals surface area contributed by atoms with Crippen molar-refractivity contribution in [3.05, 3.63) is 52.9 Å². The molecule has 1 aromatic heterocycles. The molecule has 1 aliphatic heterocycles. The number of anilines is 2. The van der Waals surface area contributed by atoms with Crippen LogP contribution in [0.15, 0.2) is 24.3 Å². The fourth-order valence-electron chi connectivity index (χ4n) is 5.23. The number of halogens is 5. The Kier molecular flexibility index (Phi) is 6.17. The molecule has 6 nitrogen and oxygen atoms in total. The van der Waals surface area contributed by atoms with Crippen LogP contribution in [-0.2, 0) is 6.18 Å². The standard InChI is InChI=1S/C26H28F5N5O/c1-13(17-6-15(32)7-19(23(17)28)26(29,30)31)33-24-18-8-22(20(27)9-21(18)34-14(2)35-24)37-11-16-10-25(4-5-25)12-36(16)3/h6-9,13,16H,4-5,10-12,32H2,1-3H3,(H,33,34,35)/t13-,16+/m1/s1. The summed E-state index contributed by atoms with van der Waals surface area (Å²) in [5.74, 6) is -1.45. The summed E-state index contributed by atoms with van der Waals surface area (Å²) < 4.78 is 75.5. The van der Waals surface area contributed by atoms with Gasteiger partial charge in [0.15, 0.2) is 11.6 Å². The number of likely N-dealkylation sites (N-methyl/N-ethyl adjacent to an activating group) is 1. The van der Waals surface area contributed by atoms with E-state index < -0.39 is 29.4 Å². The summed E-state index contributed by atoms with van der Waals surface area (Å²) in [6, 6.07) is 3.65. The van der Waals surface area contributed by atoms with Crippen molar-refractivity contribution < 1.29 is 26.7 Å². The van der Waals surface area contributed by atoms with Crippen LogP contribution in [-0.4, -0.2) is 41.1 Å². The van der Waals surface area contributed by atoms with Crippen LogP contribution in [0, 0.1) is 24.0 Å². The van der Waals surface area contributed by atoms with Crippen LogP contribution in [0.4, 0.5) is 33.5 Å². The Morgan fingerprint density at radius 1 is 1.19 bits per heavy atom. The van der Waals surface area contributed by atoms with Gasteiger partial charge in [0.25, 0.3) is 0 Å². The van der Waals surface area contributed by atoms with Crippen LogP contribution in [0.5, 0.6) is 5.75 Å². The van der Waals surface area contributed by atoms with E-state index in [-0.39, 0.29) is 34.4 Å². The van der Waals surface area contributed by atoms with E-state index in [0.29, 0.717) is 29.3 Å². The van der Waals surface area contributed by atoms with E-state index in [4.69, 9.17) is 10.5 Å². The van der Waals surface area contributed by atoms with Gasteiger partial charge in [-0.3, -0.25) is 4.90 Å². The summed E-state index contributed by atoms with van der Waals surface area (Å²) in [5.41, 5.74) is 4.37. The third-order valence-corrected chi connectivity index (χ3v) is 7.37. The van der Waals surface area contributed by atoms with Gasteiger partial charge >= 0.3 is 6.18 Å². The normalized spacial score (nSPS) is 19.9. The monoisotopic (exact) mass is 521 g/mol. The average Bonchev–Trinajstić information content (AvgIpc) is 3.47. The minimum absolute atomic E-state index is 0.0234. The Morgan fingerprint density at radius 2 is 1.92 bits per heavy atom. The molecule has 2 aliphatic rings. The third-order valence-electron chi connectivity index (χ3n) is 7.37. The second-order valence-corrected chi connectivity index (χ2v) is 10.3. The van der Waals surface area contributed by atoms with Gasteiger partial charge in [0.2, 0.25) is 0 Å². The maximum Gasteiger partial charge on any atom is 0.419 e. The third kappa shape index (κ3) is 5.01. The molecule has 5 rings (SSSR count). The highest BCUT2D eigenvalue weighted by Crippen LogP contribution is 2.54. The zero-order chi connectivity index (χ0) is 26.7. The molecule has 0 unspecified atom stereocenters. The molecule has 11 heteroatoms. The second kappa shape index (κ2) is 8.97.